The number of rotatable bonds is 6. The van der Waals surface area contributed by atoms with Gasteiger partial charge in [0.2, 0.25) is 5.16 Å². The van der Waals surface area contributed by atoms with Crippen LogP contribution < -0.4 is 5.84 Å². The molecule has 0 aliphatic carbocycles. The minimum Gasteiger partial charge on any atom is -0.467 e. The number of aromatic nitrogens is 3. The van der Waals surface area contributed by atoms with E-state index >= 15 is 0 Å². The van der Waals surface area contributed by atoms with E-state index in [0.717, 1.165) is 22.4 Å². The SMILES string of the molecule is Cc1ccc(-c2nnc(SCC(=O)N3N=C(c4ccc(Cl)cc4)CC3c3ccco3)n2N)cc1. The molecule has 3 heterocycles. The lowest BCUT2D eigenvalue weighted by Gasteiger charge is -2.19. The Morgan fingerprint density at radius 1 is 1.12 bits per heavy atom. The maximum Gasteiger partial charge on any atom is 0.253 e. The lowest BCUT2D eigenvalue weighted by atomic mass is 10.0. The largest absolute Gasteiger partial charge is 0.467 e. The van der Waals surface area contributed by atoms with Crippen molar-refractivity contribution in [3.05, 3.63) is 88.8 Å². The maximum atomic E-state index is 13.2. The molecule has 1 aliphatic rings. The fourth-order valence-electron chi connectivity index (χ4n) is 3.73. The normalized spacial score (nSPS) is 15.5. The predicted octanol–water partition coefficient (Wildman–Crippen LogP) is 4.68. The standard InChI is InChI=1S/C24H21ClN6O2S/c1-15-4-6-17(7-5-15)23-27-28-24(30(23)26)34-14-22(32)31-20(21-3-2-12-33-21)13-19(29-31)16-8-10-18(25)11-9-16/h2-12,20H,13-14,26H2,1H3. The van der Waals surface area contributed by atoms with Crippen molar-refractivity contribution in [1.82, 2.24) is 19.9 Å². The van der Waals surface area contributed by atoms with Crippen LogP contribution in [0.1, 0.15) is 29.3 Å². The number of aryl methyl sites for hydroxylation is 1. The number of hydrazone groups is 1. The van der Waals surface area contributed by atoms with Gasteiger partial charge in [-0.15, -0.1) is 10.2 Å². The van der Waals surface area contributed by atoms with Crippen LogP contribution in [0.5, 0.6) is 0 Å². The number of amides is 1. The summed E-state index contributed by atoms with van der Waals surface area (Å²) in [5.74, 6) is 7.34. The first kappa shape index (κ1) is 22.2. The molecule has 2 aromatic carbocycles. The Labute approximate surface area is 205 Å². The molecule has 1 unspecified atom stereocenters. The predicted molar refractivity (Wildman–Crippen MR) is 132 cm³/mol. The first-order chi connectivity index (χ1) is 16.5. The minimum atomic E-state index is -0.326. The molecule has 172 valence electrons. The number of halogens is 1. The zero-order valence-electron chi connectivity index (χ0n) is 18.3. The summed E-state index contributed by atoms with van der Waals surface area (Å²) in [6.45, 7) is 2.01. The second kappa shape index (κ2) is 9.36. The Balaban J connectivity index is 1.34. The quantitative estimate of drug-likeness (QED) is 0.309. The molecule has 4 aromatic rings. The number of benzene rings is 2. The number of nitrogens with zero attached hydrogens (tertiary/aromatic N) is 5. The van der Waals surface area contributed by atoms with Crippen LogP contribution in [0.3, 0.4) is 0 Å². The highest BCUT2D eigenvalue weighted by Crippen LogP contribution is 2.34. The summed E-state index contributed by atoms with van der Waals surface area (Å²) in [6.07, 6.45) is 2.13. The number of furan rings is 1. The number of thioether (sulfide) groups is 1. The van der Waals surface area contributed by atoms with Crippen molar-refractivity contribution in [3.63, 3.8) is 0 Å². The summed E-state index contributed by atoms with van der Waals surface area (Å²) < 4.78 is 7.00. The zero-order chi connectivity index (χ0) is 23.7. The summed E-state index contributed by atoms with van der Waals surface area (Å²) in [7, 11) is 0. The van der Waals surface area contributed by atoms with Gasteiger partial charge in [-0.25, -0.2) is 9.69 Å². The van der Waals surface area contributed by atoms with Gasteiger partial charge in [0.15, 0.2) is 5.82 Å². The van der Waals surface area contributed by atoms with Crippen LogP contribution in [0, 0.1) is 6.92 Å². The summed E-state index contributed by atoms with van der Waals surface area (Å²) in [5.41, 5.74) is 3.70. The molecule has 1 amide bonds. The number of nitrogens with two attached hydrogens (primary N) is 1. The van der Waals surface area contributed by atoms with Gasteiger partial charge in [-0.3, -0.25) is 4.79 Å². The maximum absolute atomic E-state index is 13.2. The molecule has 2 aromatic heterocycles. The van der Waals surface area contributed by atoms with Crippen LogP contribution in [0.15, 0.2) is 81.6 Å². The number of hydrogen-bond donors (Lipinski definition) is 1. The van der Waals surface area contributed by atoms with Crippen LogP contribution >= 0.6 is 23.4 Å². The molecule has 0 saturated carbocycles. The van der Waals surface area contributed by atoms with E-state index in [4.69, 9.17) is 21.9 Å². The van der Waals surface area contributed by atoms with Gasteiger partial charge in [0.05, 0.1) is 17.7 Å². The molecule has 8 nitrogen and oxygen atoms in total. The van der Waals surface area contributed by atoms with Crippen molar-refractivity contribution in [2.45, 2.75) is 24.5 Å². The van der Waals surface area contributed by atoms with E-state index in [-0.39, 0.29) is 17.7 Å². The molecule has 0 spiro atoms. The Morgan fingerprint density at radius 3 is 2.56 bits per heavy atom. The smallest absolute Gasteiger partial charge is 0.253 e. The Morgan fingerprint density at radius 2 is 1.85 bits per heavy atom. The van der Waals surface area contributed by atoms with Gasteiger partial charge in [0, 0.05) is 17.0 Å². The molecule has 34 heavy (non-hydrogen) atoms. The molecule has 2 N–H and O–H groups in total. The number of carbonyl (C=O) groups excluding carboxylic acids is 1. The average Bonchev–Trinajstić information content (AvgIpc) is 3.59. The van der Waals surface area contributed by atoms with Gasteiger partial charge in [-0.2, -0.15) is 5.10 Å². The number of hydrogen-bond acceptors (Lipinski definition) is 7. The van der Waals surface area contributed by atoms with Crippen molar-refractivity contribution in [2.75, 3.05) is 11.6 Å². The summed E-state index contributed by atoms with van der Waals surface area (Å²) in [5, 5.41) is 15.6. The minimum absolute atomic E-state index is 0.0951. The van der Waals surface area contributed by atoms with Crippen molar-refractivity contribution in [1.29, 1.82) is 0 Å². The van der Waals surface area contributed by atoms with E-state index in [1.807, 2.05) is 49.4 Å². The van der Waals surface area contributed by atoms with Crippen LogP contribution in [0.25, 0.3) is 11.4 Å². The average molecular weight is 493 g/mol. The Hall–Kier alpha value is -3.56. The first-order valence-corrected chi connectivity index (χ1v) is 11.9. The van der Waals surface area contributed by atoms with Gasteiger partial charge in [-0.1, -0.05) is 65.3 Å². The third kappa shape index (κ3) is 4.44. The van der Waals surface area contributed by atoms with Gasteiger partial charge in [0.1, 0.15) is 11.8 Å². The molecule has 0 fully saturated rings. The topological polar surface area (TPSA) is 103 Å². The molecule has 1 aliphatic heterocycles. The Kier molecular flexibility index (Phi) is 6.12. The van der Waals surface area contributed by atoms with Crippen molar-refractivity contribution in [2.24, 2.45) is 5.10 Å². The van der Waals surface area contributed by atoms with Crippen molar-refractivity contribution >= 4 is 35.0 Å². The molecular formula is C24H21ClN6O2S. The highest BCUT2D eigenvalue weighted by atomic mass is 35.5. The second-order valence-electron chi connectivity index (χ2n) is 7.86. The lowest BCUT2D eigenvalue weighted by Crippen LogP contribution is -2.28. The highest BCUT2D eigenvalue weighted by molar-refractivity contribution is 7.99. The molecule has 5 rings (SSSR count). The van der Waals surface area contributed by atoms with Crippen LogP contribution in [0.2, 0.25) is 5.02 Å². The van der Waals surface area contributed by atoms with E-state index < -0.39 is 0 Å². The van der Waals surface area contributed by atoms with Crippen LogP contribution in [0.4, 0.5) is 0 Å². The van der Waals surface area contributed by atoms with E-state index in [1.54, 1.807) is 24.5 Å². The monoisotopic (exact) mass is 492 g/mol. The molecule has 0 saturated heterocycles. The second-order valence-corrected chi connectivity index (χ2v) is 9.24. The lowest BCUT2D eigenvalue weighted by molar-refractivity contribution is -0.130. The fraction of sp³-hybridized carbons (Fsp3) is 0.167. The van der Waals surface area contributed by atoms with Crippen molar-refractivity contribution < 1.29 is 9.21 Å². The number of nitrogen functional groups attached to an aromatic ring is 1. The van der Waals surface area contributed by atoms with Crippen LogP contribution in [-0.4, -0.2) is 37.3 Å². The van der Waals surface area contributed by atoms with Crippen molar-refractivity contribution in [3.8, 4) is 11.4 Å². The third-order valence-electron chi connectivity index (χ3n) is 5.51. The zero-order valence-corrected chi connectivity index (χ0v) is 19.8. The summed E-state index contributed by atoms with van der Waals surface area (Å²) in [4.78, 5) is 13.2. The molecule has 0 bridgehead atoms. The molecule has 10 heteroatoms. The van der Waals surface area contributed by atoms with Gasteiger partial charge in [0.25, 0.3) is 5.91 Å². The van der Waals surface area contributed by atoms with E-state index in [2.05, 4.69) is 15.3 Å². The highest BCUT2D eigenvalue weighted by Gasteiger charge is 2.35. The van der Waals surface area contributed by atoms with E-state index in [0.29, 0.717) is 28.2 Å². The summed E-state index contributed by atoms with van der Waals surface area (Å²) in [6, 6.07) is 18.6. The van der Waals surface area contributed by atoms with Gasteiger partial charge in [-0.05, 0) is 36.8 Å². The first-order valence-electron chi connectivity index (χ1n) is 10.6. The molecular weight excluding hydrogens is 472 g/mol. The molecule has 1 atom stereocenters. The van der Waals surface area contributed by atoms with Gasteiger partial charge >= 0.3 is 0 Å². The fourth-order valence-corrected chi connectivity index (χ4v) is 4.56. The van der Waals surface area contributed by atoms with E-state index in [1.165, 1.54) is 21.4 Å². The summed E-state index contributed by atoms with van der Waals surface area (Å²) >= 11 is 7.24. The van der Waals surface area contributed by atoms with Gasteiger partial charge < -0.3 is 10.3 Å². The van der Waals surface area contributed by atoms with Crippen LogP contribution in [-0.2, 0) is 4.79 Å². The molecule has 0 radical (unpaired) electrons. The Bertz CT molecular complexity index is 1330. The van der Waals surface area contributed by atoms with E-state index in [9.17, 15) is 4.79 Å². The number of carbonyl (C=O) groups is 1. The third-order valence-corrected chi connectivity index (χ3v) is 6.69.